The third-order valence-corrected chi connectivity index (χ3v) is 5.86. The van der Waals surface area contributed by atoms with E-state index in [-0.39, 0.29) is 11.4 Å². The number of nitrogens with zero attached hydrogens (tertiary/aromatic N) is 3. The Morgan fingerprint density at radius 1 is 1.07 bits per heavy atom. The highest BCUT2D eigenvalue weighted by Gasteiger charge is 2.34. The minimum atomic E-state index is -0.0842. The molecule has 4 rings (SSSR count). The van der Waals surface area contributed by atoms with E-state index in [0.29, 0.717) is 17.5 Å². The number of benzene rings is 1. The zero-order valence-electron chi connectivity index (χ0n) is 16.8. The monoisotopic (exact) mass is 365 g/mol. The number of aromatic nitrogens is 2. The highest BCUT2D eigenvalue weighted by atomic mass is 16.2. The minimum absolute atomic E-state index is 0.0842. The van der Waals surface area contributed by atoms with Gasteiger partial charge in [-0.15, -0.1) is 0 Å². The van der Waals surface area contributed by atoms with E-state index >= 15 is 0 Å². The number of piperidine rings is 1. The van der Waals surface area contributed by atoms with Crippen molar-refractivity contribution in [2.24, 2.45) is 5.92 Å². The lowest BCUT2D eigenvalue weighted by molar-refractivity contribution is 0.0683. The van der Waals surface area contributed by atoms with Gasteiger partial charge in [-0.2, -0.15) is 5.10 Å². The van der Waals surface area contributed by atoms with E-state index in [1.54, 1.807) is 0 Å². The third-order valence-electron chi connectivity index (χ3n) is 5.86. The van der Waals surface area contributed by atoms with Crippen LogP contribution in [0.3, 0.4) is 0 Å². The van der Waals surface area contributed by atoms with E-state index in [2.05, 4.69) is 61.9 Å². The molecule has 1 amide bonds. The lowest BCUT2D eigenvalue weighted by Gasteiger charge is -2.31. The predicted octanol–water partition coefficient (Wildman–Crippen LogP) is 4.61. The molecule has 0 radical (unpaired) electrons. The van der Waals surface area contributed by atoms with Gasteiger partial charge in [-0.05, 0) is 70.4 Å². The molecule has 0 spiro atoms. The first-order valence-corrected chi connectivity index (χ1v) is 10.4. The Morgan fingerprint density at radius 3 is 2.33 bits per heavy atom. The SMILES string of the molecule is CC(C)(C)n1nc(C(=O)N2CCC(Cc3ccccc3)CC2)cc1C1CC1. The number of rotatable bonds is 4. The molecule has 0 N–H and O–H groups in total. The molecule has 27 heavy (non-hydrogen) atoms. The summed E-state index contributed by atoms with van der Waals surface area (Å²) in [4.78, 5) is 15.1. The van der Waals surface area contributed by atoms with E-state index in [9.17, 15) is 4.79 Å². The standard InChI is InChI=1S/C23H31N3O/c1-23(2,3)26-21(19-9-10-19)16-20(24-26)22(27)25-13-11-18(12-14-25)15-17-7-5-4-6-8-17/h4-8,16,18-19H,9-15H2,1-3H3. The highest BCUT2D eigenvalue weighted by molar-refractivity contribution is 5.92. The van der Waals surface area contributed by atoms with Crippen molar-refractivity contribution < 1.29 is 4.79 Å². The fourth-order valence-electron chi connectivity index (χ4n) is 4.16. The first-order chi connectivity index (χ1) is 12.9. The van der Waals surface area contributed by atoms with Gasteiger partial charge >= 0.3 is 0 Å². The van der Waals surface area contributed by atoms with Crippen LogP contribution in [0.15, 0.2) is 36.4 Å². The van der Waals surface area contributed by atoms with Crippen LogP contribution in [0.1, 0.15) is 74.1 Å². The van der Waals surface area contributed by atoms with Crippen LogP contribution in [0.2, 0.25) is 0 Å². The summed E-state index contributed by atoms with van der Waals surface area (Å²) in [6.45, 7) is 8.18. The third kappa shape index (κ3) is 4.10. The Kier molecular flexibility index (Phi) is 4.83. The molecule has 4 heteroatoms. The number of hydrogen-bond acceptors (Lipinski definition) is 2. The van der Waals surface area contributed by atoms with E-state index in [0.717, 1.165) is 32.4 Å². The van der Waals surface area contributed by atoms with E-state index in [4.69, 9.17) is 5.10 Å². The molecule has 2 fully saturated rings. The van der Waals surface area contributed by atoms with Gasteiger partial charge in [-0.1, -0.05) is 30.3 Å². The van der Waals surface area contributed by atoms with Crippen molar-refractivity contribution in [1.82, 2.24) is 14.7 Å². The Bertz CT molecular complexity index is 791. The smallest absolute Gasteiger partial charge is 0.274 e. The topological polar surface area (TPSA) is 38.1 Å². The zero-order valence-corrected chi connectivity index (χ0v) is 16.8. The minimum Gasteiger partial charge on any atom is -0.337 e. The van der Waals surface area contributed by atoms with E-state index < -0.39 is 0 Å². The second-order valence-electron chi connectivity index (χ2n) is 9.24. The highest BCUT2D eigenvalue weighted by Crippen LogP contribution is 2.42. The number of carbonyl (C=O) groups excluding carboxylic acids is 1. The lowest BCUT2D eigenvalue weighted by atomic mass is 9.90. The number of likely N-dealkylation sites (tertiary alicyclic amines) is 1. The summed E-state index contributed by atoms with van der Waals surface area (Å²) in [7, 11) is 0. The average molecular weight is 366 g/mol. The molecule has 1 aromatic heterocycles. The number of hydrogen-bond donors (Lipinski definition) is 0. The molecule has 2 heterocycles. The van der Waals surface area contributed by atoms with Crippen molar-refractivity contribution in [2.75, 3.05) is 13.1 Å². The molecular weight excluding hydrogens is 334 g/mol. The van der Waals surface area contributed by atoms with Gasteiger partial charge in [0.2, 0.25) is 0 Å². The Hall–Kier alpha value is -2.10. The summed E-state index contributed by atoms with van der Waals surface area (Å²) in [5, 5.41) is 4.73. The van der Waals surface area contributed by atoms with Gasteiger partial charge in [0.15, 0.2) is 5.69 Å². The molecule has 2 aliphatic rings. The Balaban J connectivity index is 1.41. The van der Waals surface area contributed by atoms with E-state index in [1.165, 1.54) is 24.1 Å². The van der Waals surface area contributed by atoms with Crippen LogP contribution in [0, 0.1) is 5.92 Å². The Morgan fingerprint density at radius 2 is 1.74 bits per heavy atom. The summed E-state index contributed by atoms with van der Waals surface area (Å²) in [5.74, 6) is 1.37. The summed E-state index contributed by atoms with van der Waals surface area (Å²) in [6, 6.07) is 12.7. The fourth-order valence-corrected chi connectivity index (χ4v) is 4.16. The molecule has 2 aromatic rings. The Labute approximate surface area is 162 Å². The molecular formula is C23H31N3O. The van der Waals surface area contributed by atoms with Crippen LogP contribution < -0.4 is 0 Å². The number of amides is 1. The molecule has 4 nitrogen and oxygen atoms in total. The van der Waals surface area contributed by atoms with Crippen LogP contribution in [0.4, 0.5) is 0 Å². The summed E-state index contributed by atoms with van der Waals surface area (Å²) >= 11 is 0. The summed E-state index contributed by atoms with van der Waals surface area (Å²) in [6.07, 6.45) is 5.72. The van der Waals surface area contributed by atoms with Gasteiger partial charge < -0.3 is 4.90 Å². The van der Waals surface area contributed by atoms with Crippen LogP contribution >= 0.6 is 0 Å². The summed E-state index contributed by atoms with van der Waals surface area (Å²) < 4.78 is 2.08. The van der Waals surface area contributed by atoms with Gasteiger partial charge in [0.1, 0.15) is 0 Å². The normalized spacial score (nSPS) is 18.7. The quantitative estimate of drug-likeness (QED) is 0.793. The first-order valence-electron chi connectivity index (χ1n) is 10.4. The van der Waals surface area contributed by atoms with E-state index in [1.807, 2.05) is 4.90 Å². The largest absolute Gasteiger partial charge is 0.337 e. The predicted molar refractivity (Wildman–Crippen MR) is 108 cm³/mol. The maximum Gasteiger partial charge on any atom is 0.274 e. The molecule has 1 aliphatic carbocycles. The molecule has 0 atom stereocenters. The maximum absolute atomic E-state index is 13.1. The molecule has 0 unspecified atom stereocenters. The molecule has 1 saturated carbocycles. The average Bonchev–Trinajstić information content (AvgIpc) is 3.39. The summed E-state index contributed by atoms with van der Waals surface area (Å²) in [5.41, 5.74) is 3.19. The molecule has 1 aromatic carbocycles. The first kappa shape index (κ1) is 18.3. The van der Waals surface area contributed by atoms with Gasteiger partial charge in [0, 0.05) is 24.7 Å². The second kappa shape index (κ2) is 7.14. The van der Waals surface area contributed by atoms with Crippen LogP contribution in [0.5, 0.6) is 0 Å². The van der Waals surface area contributed by atoms with Gasteiger partial charge in [-0.3, -0.25) is 9.48 Å². The molecule has 144 valence electrons. The zero-order chi connectivity index (χ0) is 19.0. The van der Waals surface area contributed by atoms with Gasteiger partial charge in [-0.25, -0.2) is 0 Å². The van der Waals surface area contributed by atoms with Crippen LogP contribution in [0.25, 0.3) is 0 Å². The van der Waals surface area contributed by atoms with Crippen molar-refractivity contribution in [1.29, 1.82) is 0 Å². The lowest BCUT2D eigenvalue weighted by Crippen LogP contribution is -2.39. The number of carbonyl (C=O) groups is 1. The maximum atomic E-state index is 13.1. The van der Waals surface area contributed by atoms with Crippen molar-refractivity contribution in [3.8, 4) is 0 Å². The van der Waals surface area contributed by atoms with Crippen LogP contribution in [-0.4, -0.2) is 33.7 Å². The molecule has 1 aliphatic heterocycles. The molecule has 1 saturated heterocycles. The van der Waals surface area contributed by atoms with Gasteiger partial charge in [0.05, 0.1) is 5.54 Å². The van der Waals surface area contributed by atoms with Crippen molar-refractivity contribution >= 4 is 5.91 Å². The van der Waals surface area contributed by atoms with Crippen molar-refractivity contribution in [3.05, 3.63) is 53.3 Å². The van der Waals surface area contributed by atoms with Crippen LogP contribution in [-0.2, 0) is 12.0 Å². The fraction of sp³-hybridized carbons (Fsp3) is 0.565. The van der Waals surface area contributed by atoms with Crippen molar-refractivity contribution in [2.45, 2.75) is 64.3 Å². The van der Waals surface area contributed by atoms with Gasteiger partial charge in [0.25, 0.3) is 5.91 Å². The second-order valence-corrected chi connectivity index (χ2v) is 9.24. The molecule has 0 bridgehead atoms. The van der Waals surface area contributed by atoms with Crippen molar-refractivity contribution in [3.63, 3.8) is 0 Å².